The number of pyridine rings is 1. The Morgan fingerprint density at radius 1 is 0.854 bits per heavy atom. The number of para-hydroxylation sites is 1. The molecule has 2 aromatic heterocycles. The van der Waals surface area contributed by atoms with Gasteiger partial charge >= 0.3 is 20.1 Å². The third-order valence-corrected chi connectivity index (χ3v) is 8.65. The molecule has 0 spiro atoms. The monoisotopic (exact) mass is 712 g/mol. The molecule has 0 amide bonds. The second-order valence-electron chi connectivity index (χ2n) is 11.5. The first-order chi connectivity index (χ1) is 19.6. The molecule has 2 aliphatic rings. The van der Waals surface area contributed by atoms with Gasteiger partial charge in [-0.05, 0) is 42.9 Å². The summed E-state index contributed by atoms with van der Waals surface area (Å²) < 4.78 is 4.73. The Labute approximate surface area is 256 Å². The Bertz CT molecular complexity index is 1760. The number of fused-ring (bicyclic) bond motifs is 4. The molecule has 0 bridgehead atoms. The van der Waals surface area contributed by atoms with E-state index in [2.05, 4.69) is 95.0 Å². The smallest absolute Gasteiger partial charge is 0.341 e. The maximum absolute atomic E-state index is 4.22. The molecular formula is C37H33IrN3+. The van der Waals surface area contributed by atoms with Gasteiger partial charge in [-0.15, -0.1) is 58.3 Å². The molecule has 0 N–H and O–H groups in total. The van der Waals surface area contributed by atoms with Crippen molar-refractivity contribution in [1.82, 2.24) is 9.55 Å². The number of hydrogen-bond donors (Lipinski definition) is 0. The van der Waals surface area contributed by atoms with E-state index < -0.39 is 0 Å². The quantitative estimate of drug-likeness (QED) is 0.131. The number of hydrogen-bond acceptors (Lipinski definition) is 1. The maximum Gasteiger partial charge on any atom is 3.00 e. The summed E-state index contributed by atoms with van der Waals surface area (Å²) in [6.45, 7) is 4.73. The van der Waals surface area contributed by atoms with Gasteiger partial charge < -0.3 is 14.1 Å². The number of imidazole rings is 1. The maximum atomic E-state index is 4.22. The molecule has 1 aliphatic heterocycles. The molecule has 1 fully saturated rings. The van der Waals surface area contributed by atoms with Crippen LogP contribution in [-0.2, 0) is 25.5 Å². The first-order valence-corrected chi connectivity index (χ1v) is 14.4. The molecule has 41 heavy (non-hydrogen) atoms. The summed E-state index contributed by atoms with van der Waals surface area (Å²) >= 11 is 0. The molecule has 4 heteroatoms. The number of nitrogens with zero attached hydrogens (tertiary/aromatic N) is 3. The molecule has 3 nitrogen and oxygen atoms in total. The van der Waals surface area contributed by atoms with Crippen LogP contribution in [0, 0.1) is 18.5 Å². The van der Waals surface area contributed by atoms with Crippen LogP contribution in [0.4, 0.5) is 0 Å². The molecule has 0 atom stereocenters. The fraction of sp³-hybridized carbons (Fsp3) is 0.243. The molecule has 0 radical (unpaired) electrons. The number of benzene rings is 4. The molecule has 1 saturated carbocycles. The first kappa shape index (κ1) is 27.6. The average Bonchev–Trinajstić information content (AvgIpc) is 3.41. The predicted molar refractivity (Wildman–Crippen MR) is 161 cm³/mol. The van der Waals surface area contributed by atoms with Gasteiger partial charge in [-0.25, -0.2) is 0 Å². The molecule has 6 aromatic rings. The molecule has 204 valence electrons. The van der Waals surface area contributed by atoms with E-state index in [1.807, 2.05) is 42.5 Å². The Hall–Kier alpha value is -3.59. The number of aromatic nitrogens is 3. The van der Waals surface area contributed by atoms with E-state index in [0.717, 1.165) is 11.3 Å². The Kier molecular flexibility index (Phi) is 7.64. The molecule has 3 heterocycles. The van der Waals surface area contributed by atoms with Crippen molar-refractivity contribution >= 4 is 21.8 Å². The van der Waals surface area contributed by atoms with Crippen LogP contribution in [0.15, 0.2) is 97.2 Å². The van der Waals surface area contributed by atoms with Crippen LogP contribution in [-0.4, -0.2) is 9.55 Å². The van der Waals surface area contributed by atoms with Crippen molar-refractivity contribution < 1.29 is 24.7 Å². The van der Waals surface area contributed by atoms with Gasteiger partial charge in [0.2, 0.25) is 6.33 Å². The number of rotatable bonds is 2. The third kappa shape index (κ3) is 4.84. The van der Waals surface area contributed by atoms with Gasteiger partial charge in [-0.3, -0.25) is 0 Å². The topological polar surface area (TPSA) is 21.7 Å². The van der Waals surface area contributed by atoms with Gasteiger partial charge in [0.25, 0.3) is 0 Å². The Morgan fingerprint density at radius 3 is 2.44 bits per heavy atom. The standard InChI is InChI=1S/C26H25N2.C11H8N.Ir/c1-26(2)21-13-8-14-23-25(21)28(17-27(23)19-10-4-3-5-11-19)22-16-15-18-9-6-7-12-20(18)24(22)26;1-2-6-10(7-3-1)11-8-4-5-9-12-11;/h6-9,12-15,19H,3-5,10-11H2,1-2H3;1-6,8-9H;/q2*-1;+3. The van der Waals surface area contributed by atoms with Crippen molar-refractivity contribution in [2.45, 2.75) is 57.4 Å². The zero-order valence-corrected chi connectivity index (χ0v) is 25.9. The van der Waals surface area contributed by atoms with Crippen LogP contribution in [0.2, 0.25) is 0 Å². The largest absolute Gasteiger partial charge is 3.00 e. The minimum absolute atomic E-state index is 0. The second-order valence-corrected chi connectivity index (χ2v) is 11.5. The summed E-state index contributed by atoms with van der Waals surface area (Å²) in [5.74, 6) is 0. The van der Waals surface area contributed by atoms with Crippen LogP contribution in [0.25, 0.3) is 38.8 Å². The SMILES string of the molecule is CC1(C)c2c([c-]cc3ccccc23)-[n+]2[c-]n(C3CCCCC3)c3cccc1c32.[Ir+3].[c-]1ccccc1-c1ccccn1. The van der Waals surface area contributed by atoms with Gasteiger partial charge in [0.15, 0.2) is 0 Å². The van der Waals surface area contributed by atoms with Crippen molar-refractivity contribution in [3.05, 3.63) is 127 Å². The Morgan fingerprint density at radius 2 is 1.66 bits per heavy atom. The fourth-order valence-corrected chi connectivity index (χ4v) is 6.67. The van der Waals surface area contributed by atoms with Gasteiger partial charge in [0, 0.05) is 6.20 Å². The van der Waals surface area contributed by atoms with E-state index in [1.165, 1.54) is 70.7 Å². The van der Waals surface area contributed by atoms with E-state index in [-0.39, 0.29) is 25.5 Å². The molecular weight excluding hydrogens is 679 g/mol. The van der Waals surface area contributed by atoms with Crippen molar-refractivity contribution in [1.29, 1.82) is 0 Å². The predicted octanol–water partition coefficient (Wildman–Crippen LogP) is 8.36. The molecule has 0 saturated heterocycles. The fourth-order valence-electron chi connectivity index (χ4n) is 6.67. The third-order valence-electron chi connectivity index (χ3n) is 8.65. The van der Waals surface area contributed by atoms with Crippen molar-refractivity contribution in [2.24, 2.45) is 0 Å². The zero-order chi connectivity index (χ0) is 27.1. The van der Waals surface area contributed by atoms with Gasteiger partial charge in [0.1, 0.15) is 0 Å². The van der Waals surface area contributed by atoms with Crippen LogP contribution in [0.5, 0.6) is 0 Å². The summed E-state index contributed by atoms with van der Waals surface area (Å²) in [6, 6.07) is 38.7. The average molecular weight is 712 g/mol. The minimum atomic E-state index is -0.0706. The molecule has 1 aliphatic carbocycles. The summed E-state index contributed by atoms with van der Waals surface area (Å²) in [7, 11) is 0. The summed E-state index contributed by atoms with van der Waals surface area (Å²) in [4.78, 5) is 4.22. The van der Waals surface area contributed by atoms with E-state index in [0.29, 0.717) is 6.04 Å². The van der Waals surface area contributed by atoms with Gasteiger partial charge in [-0.2, -0.15) is 12.1 Å². The van der Waals surface area contributed by atoms with Crippen LogP contribution < -0.4 is 4.57 Å². The van der Waals surface area contributed by atoms with Crippen LogP contribution >= 0.6 is 0 Å². The minimum Gasteiger partial charge on any atom is -0.341 e. The summed E-state index contributed by atoms with van der Waals surface area (Å²) in [5.41, 5.74) is 8.51. The van der Waals surface area contributed by atoms with Crippen LogP contribution in [0.3, 0.4) is 0 Å². The van der Waals surface area contributed by atoms with Gasteiger partial charge in [0.05, 0.1) is 17.1 Å². The van der Waals surface area contributed by atoms with Crippen molar-refractivity contribution in [3.63, 3.8) is 0 Å². The van der Waals surface area contributed by atoms with Crippen LogP contribution in [0.1, 0.15) is 63.1 Å². The van der Waals surface area contributed by atoms with E-state index in [4.69, 9.17) is 0 Å². The van der Waals surface area contributed by atoms with Crippen molar-refractivity contribution in [2.75, 3.05) is 0 Å². The molecule has 0 unspecified atom stereocenters. The second kappa shape index (κ2) is 11.4. The Balaban J connectivity index is 0.000000196. The summed E-state index contributed by atoms with van der Waals surface area (Å²) in [6.07, 6.45) is 12.1. The normalized spacial score (nSPS) is 15.5. The molecule has 4 aromatic carbocycles. The van der Waals surface area contributed by atoms with E-state index in [1.54, 1.807) is 6.20 Å². The van der Waals surface area contributed by atoms with E-state index in [9.17, 15) is 0 Å². The first-order valence-electron chi connectivity index (χ1n) is 14.4. The van der Waals surface area contributed by atoms with E-state index >= 15 is 0 Å². The zero-order valence-electron chi connectivity index (χ0n) is 23.5. The molecule has 8 rings (SSSR count). The summed E-state index contributed by atoms with van der Waals surface area (Å²) in [5, 5.41) is 2.59. The van der Waals surface area contributed by atoms with Gasteiger partial charge in [-0.1, -0.05) is 80.1 Å². The van der Waals surface area contributed by atoms with Crippen molar-refractivity contribution in [3.8, 4) is 16.9 Å².